The summed E-state index contributed by atoms with van der Waals surface area (Å²) in [6, 6.07) is 13.6. The van der Waals surface area contributed by atoms with E-state index in [1.165, 1.54) is 29.2 Å². The maximum Gasteiger partial charge on any atom is 0.256 e. The minimum atomic E-state index is -1.33. The fraction of sp³-hybridized carbons (Fsp3) is 0.263. The molecule has 1 unspecified atom stereocenters. The van der Waals surface area contributed by atoms with E-state index in [1.54, 1.807) is 44.2 Å². The first-order valence-electron chi connectivity index (χ1n) is 7.97. The Morgan fingerprint density at radius 2 is 1.68 bits per heavy atom. The van der Waals surface area contributed by atoms with Gasteiger partial charge in [0.1, 0.15) is 12.4 Å². The quantitative estimate of drug-likeness (QED) is 0.846. The van der Waals surface area contributed by atoms with Crippen LogP contribution in [0.4, 0.5) is 10.1 Å². The molecule has 2 N–H and O–H groups in total. The number of rotatable bonds is 6. The van der Waals surface area contributed by atoms with Crippen LogP contribution >= 0.6 is 0 Å². The maximum absolute atomic E-state index is 12.9. The summed E-state index contributed by atoms with van der Waals surface area (Å²) in [5, 5.41) is 12.9. The smallest absolute Gasteiger partial charge is 0.256 e. The number of carbonyl (C=O) groups excluding carboxylic acids is 2. The number of nitrogens with zero attached hydrogens (tertiary/aromatic N) is 1. The van der Waals surface area contributed by atoms with Crippen molar-refractivity contribution in [1.29, 1.82) is 0 Å². The fourth-order valence-electron chi connectivity index (χ4n) is 2.34. The molecule has 0 saturated heterocycles. The number of anilines is 1. The Morgan fingerprint density at radius 3 is 2.24 bits per heavy atom. The highest BCUT2D eigenvalue weighted by molar-refractivity contribution is 5.95. The summed E-state index contributed by atoms with van der Waals surface area (Å²) in [6.07, 6.45) is -1.33. The van der Waals surface area contributed by atoms with Gasteiger partial charge in [-0.15, -0.1) is 0 Å². The third-order valence-corrected chi connectivity index (χ3v) is 3.70. The fourth-order valence-corrected chi connectivity index (χ4v) is 2.34. The second kappa shape index (κ2) is 8.39. The van der Waals surface area contributed by atoms with Crippen molar-refractivity contribution in [3.8, 4) is 0 Å². The first-order valence-corrected chi connectivity index (χ1v) is 7.97. The predicted molar refractivity (Wildman–Crippen MR) is 93.3 cm³/mol. The van der Waals surface area contributed by atoms with Crippen LogP contribution in [0.2, 0.25) is 0 Å². The van der Waals surface area contributed by atoms with Gasteiger partial charge in [-0.25, -0.2) is 4.39 Å². The van der Waals surface area contributed by atoms with Crippen LogP contribution in [0.5, 0.6) is 0 Å². The van der Waals surface area contributed by atoms with Crippen molar-refractivity contribution in [2.24, 2.45) is 0 Å². The topological polar surface area (TPSA) is 69.6 Å². The predicted octanol–water partition coefficient (Wildman–Crippen LogP) is 2.73. The van der Waals surface area contributed by atoms with E-state index in [1.807, 2.05) is 0 Å². The van der Waals surface area contributed by atoms with Gasteiger partial charge in [0.05, 0.1) is 0 Å². The lowest BCUT2D eigenvalue weighted by molar-refractivity contribution is -0.144. The van der Waals surface area contributed by atoms with Crippen LogP contribution in [0.15, 0.2) is 54.6 Å². The minimum Gasteiger partial charge on any atom is -0.378 e. The Hall–Kier alpha value is -2.73. The Kier molecular flexibility index (Phi) is 6.25. The van der Waals surface area contributed by atoms with Crippen LogP contribution < -0.4 is 5.32 Å². The molecule has 0 aliphatic rings. The molecule has 2 amide bonds. The number of aliphatic hydroxyl groups excluding tert-OH is 1. The normalized spacial score (nSPS) is 11.9. The van der Waals surface area contributed by atoms with Gasteiger partial charge in [0.2, 0.25) is 5.91 Å². The molecule has 0 radical (unpaired) electrons. The van der Waals surface area contributed by atoms with Gasteiger partial charge in [-0.05, 0) is 43.7 Å². The van der Waals surface area contributed by atoms with Gasteiger partial charge in [-0.2, -0.15) is 0 Å². The summed E-state index contributed by atoms with van der Waals surface area (Å²) < 4.78 is 12.9. The van der Waals surface area contributed by atoms with Crippen molar-refractivity contribution in [1.82, 2.24) is 4.90 Å². The van der Waals surface area contributed by atoms with Crippen molar-refractivity contribution in [3.05, 3.63) is 66.0 Å². The van der Waals surface area contributed by atoms with E-state index >= 15 is 0 Å². The summed E-state index contributed by atoms with van der Waals surface area (Å²) in [6.45, 7) is 3.32. The summed E-state index contributed by atoms with van der Waals surface area (Å²) in [7, 11) is 0. The third kappa shape index (κ3) is 5.12. The first-order chi connectivity index (χ1) is 11.9. The van der Waals surface area contributed by atoms with Crippen LogP contribution in [-0.4, -0.2) is 34.4 Å². The summed E-state index contributed by atoms with van der Waals surface area (Å²) in [4.78, 5) is 26.1. The zero-order valence-corrected chi connectivity index (χ0v) is 14.1. The van der Waals surface area contributed by atoms with Crippen LogP contribution in [-0.2, 0) is 9.59 Å². The first kappa shape index (κ1) is 18.6. The molecule has 0 spiro atoms. The number of halogens is 1. The summed E-state index contributed by atoms with van der Waals surface area (Å²) >= 11 is 0. The van der Waals surface area contributed by atoms with Crippen molar-refractivity contribution in [3.63, 3.8) is 0 Å². The van der Waals surface area contributed by atoms with Crippen LogP contribution in [0.3, 0.4) is 0 Å². The Bertz CT molecular complexity index is 717. The van der Waals surface area contributed by atoms with Gasteiger partial charge in [0.25, 0.3) is 5.91 Å². The number of nitrogens with one attached hydrogen (secondary N) is 1. The van der Waals surface area contributed by atoms with Crippen molar-refractivity contribution in [2.45, 2.75) is 26.0 Å². The highest BCUT2D eigenvalue weighted by atomic mass is 19.1. The summed E-state index contributed by atoms with van der Waals surface area (Å²) in [5.74, 6) is -1.37. The number of aliphatic hydroxyl groups is 1. The van der Waals surface area contributed by atoms with Crippen LogP contribution in [0.1, 0.15) is 25.5 Å². The Labute approximate surface area is 146 Å². The largest absolute Gasteiger partial charge is 0.378 e. The Morgan fingerprint density at radius 1 is 1.08 bits per heavy atom. The average Bonchev–Trinajstić information content (AvgIpc) is 2.61. The number of benzene rings is 2. The molecule has 0 heterocycles. The molecular formula is C19H21FN2O3. The van der Waals surface area contributed by atoms with E-state index in [0.717, 1.165) is 0 Å². The molecule has 0 fully saturated rings. The number of carbonyl (C=O) groups is 2. The molecule has 25 heavy (non-hydrogen) atoms. The van der Waals surface area contributed by atoms with Crippen molar-refractivity contribution in [2.75, 3.05) is 11.9 Å². The second-order valence-corrected chi connectivity index (χ2v) is 5.93. The number of amides is 2. The molecule has 2 rings (SSSR count). The van der Waals surface area contributed by atoms with E-state index in [9.17, 15) is 19.1 Å². The van der Waals surface area contributed by atoms with Gasteiger partial charge in [-0.3, -0.25) is 9.59 Å². The highest BCUT2D eigenvalue weighted by Crippen LogP contribution is 2.17. The van der Waals surface area contributed by atoms with Gasteiger partial charge in [0, 0.05) is 11.7 Å². The molecule has 0 aliphatic carbocycles. The Balaban J connectivity index is 2.05. The molecule has 0 bridgehead atoms. The highest BCUT2D eigenvalue weighted by Gasteiger charge is 2.27. The molecule has 1 atom stereocenters. The van der Waals surface area contributed by atoms with Crippen molar-refractivity contribution >= 4 is 17.5 Å². The lowest BCUT2D eigenvalue weighted by atomic mass is 10.1. The van der Waals surface area contributed by atoms with E-state index < -0.39 is 23.7 Å². The summed E-state index contributed by atoms with van der Waals surface area (Å²) in [5.41, 5.74) is 0.906. The molecular weight excluding hydrogens is 323 g/mol. The SMILES string of the molecule is CC(C)N(CC(=O)Nc1ccc(F)cc1)C(=O)C(O)c1ccccc1. The zero-order chi connectivity index (χ0) is 18.4. The van der Waals surface area contributed by atoms with Crippen molar-refractivity contribution < 1.29 is 19.1 Å². The molecule has 0 aliphatic heterocycles. The van der Waals surface area contributed by atoms with Crippen LogP contribution in [0, 0.1) is 5.82 Å². The zero-order valence-electron chi connectivity index (χ0n) is 14.1. The maximum atomic E-state index is 12.9. The van der Waals surface area contributed by atoms with Gasteiger partial charge in [0.15, 0.2) is 6.10 Å². The molecule has 132 valence electrons. The molecule has 0 saturated carbocycles. The third-order valence-electron chi connectivity index (χ3n) is 3.70. The minimum absolute atomic E-state index is 0.211. The van der Waals surface area contributed by atoms with Gasteiger partial charge in [-0.1, -0.05) is 30.3 Å². The average molecular weight is 344 g/mol. The standard InChI is InChI=1S/C19H21FN2O3/c1-13(2)22(19(25)18(24)14-6-4-3-5-7-14)12-17(23)21-16-10-8-15(20)9-11-16/h3-11,13,18,24H,12H2,1-2H3,(H,21,23). The second-order valence-electron chi connectivity index (χ2n) is 5.93. The molecule has 5 nitrogen and oxygen atoms in total. The van der Waals surface area contributed by atoms with E-state index in [2.05, 4.69) is 5.32 Å². The van der Waals surface area contributed by atoms with Gasteiger partial charge >= 0.3 is 0 Å². The van der Waals surface area contributed by atoms with E-state index in [4.69, 9.17) is 0 Å². The van der Waals surface area contributed by atoms with Crippen LogP contribution in [0.25, 0.3) is 0 Å². The van der Waals surface area contributed by atoms with E-state index in [-0.39, 0.29) is 12.6 Å². The molecule has 6 heteroatoms. The molecule has 2 aromatic carbocycles. The molecule has 0 aromatic heterocycles. The number of hydrogen-bond acceptors (Lipinski definition) is 3. The van der Waals surface area contributed by atoms with Gasteiger partial charge < -0.3 is 15.3 Å². The van der Waals surface area contributed by atoms with E-state index in [0.29, 0.717) is 11.3 Å². The lowest BCUT2D eigenvalue weighted by Crippen LogP contribution is -2.44. The molecule has 2 aromatic rings. The monoisotopic (exact) mass is 344 g/mol. The lowest BCUT2D eigenvalue weighted by Gasteiger charge is -2.28. The number of hydrogen-bond donors (Lipinski definition) is 2.